The van der Waals surface area contributed by atoms with Gasteiger partial charge in [0.25, 0.3) is 5.91 Å². The summed E-state index contributed by atoms with van der Waals surface area (Å²) in [6, 6.07) is 0. The quantitative estimate of drug-likeness (QED) is 0.700. The van der Waals surface area contributed by atoms with E-state index < -0.39 is 11.1 Å². The van der Waals surface area contributed by atoms with Crippen LogP contribution in [-0.2, 0) is 9.53 Å². The van der Waals surface area contributed by atoms with Gasteiger partial charge >= 0.3 is 0 Å². The van der Waals surface area contributed by atoms with Crippen molar-refractivity contribution in [1.29, 1.82) is 0 Å². The van der Waals surface area contributed by atoms with E-state index in [1.54, 1.807) is 13.8 Å². The van der Waals surface area contributed by atoms with Crippen LogP contribution in [0, 0.1) is 0 Å². The number of hydrogen-bond donors (Lipinski definition) is 2. The first-order valence-electron chi connectivity index (χ1n) is 5.36. The molecule has 0 radical (unpaired) electrons. The highest BCUT2D eigenvalue weighted by molar-refractivity contribution is 5.85. The summed E-state index contributed by atoms with van der Waals surface area (Å²) in [6.07, 6.45) is 1.40. The molecule has 0 unspecified atom stereocenters. The first-order valence-corrected chi connectivity index (χ1v) is 5.36. The molecule has 0 rings (SSSR count). The molecule has 0 aromatic carbocycles. The molecular weight excluding hydrogens is 194 g/mol. The van der Waals surface area contributed by atoms with E-state index in [1.165, 1.54) is 7.11 Å². The lowest BCUT2D eigenvalue weighted by molar-refractivity contribution is -0.142. The molecule has 90 valence electrons. The molecule has 0 aromatic rings. The highest BCUT2D eigenvalue weighted by Gasteiger charge is 2.34. The molecule has 0 aliphatic rings. The van der Waals surface area contributed by atoms with Gasteiger partial charge in [0.2, 0.25) is 0 Å². The van der Waals surface area contributed by atoms with Crippen molar-refractivity contribution in [2.24, 2.45) is 0 Å². The molecule has 1 amide bonds. The lowest BCUT2D eigenvalue weighted by Crippen LogP contribution is -2.56. The summed E-state index contributed by atoms with van der Waals surface area (Å²) in [5.74, 6) is -0.192. The van der Waals surface area contributed by atoms with Crippen LogP contribution in [0.1, 0.15) is 40.5 Å². The average Bonchev–Trinajstić information content (AvgIpc) is 2.25. The van der Waals surface area contributed by atoms with Crippen LogP contribution in [0.15, 0.2) is 0 Å². The number of carbonyl (C=O) groups excluding carboxylic acids is 1. The average molecular weight is 217 g/mol. The van der Waals surface area contributed by atoms with Gasteiger partial charge in [0, 0.05) is 7.11 Å². The van der Waals surface area contributed by atoms with E-state index in [1.807, 2.05) is 13.8 Å². The number of nitrogens with one attached hydrogen (secondary N) is 1. The Morgan fingerprint density at radius 1 is 1.33 bits per heavy atom. The highest BCUT2D eigenvalue weighted by Crippen LogP contribution is 2.17. The molecule has 4 heteroatoms. The molecule has 0 atom stereocenters. The molecule has 0 spiro atoms. The summed E-state index contributed by atoms with van der Waals surface area (Å²) in [6.45, 7) is 7.25. The molecule has 0 aromatic heterocycles. The normalized spacial score (nSPS) is 12.7. The SMILES string of the molecule is CCC(CC)(CO)NC(=O)C(C)(C)OC. The number of hydrogen-bond acceptors (Lipinski definition) is 3. The van der Waals surface area contributed by atoms with Gasteiger partial charge in [-0.05, 0) is 26.7 Å². The molecule has 0 aliphatic heterocycles. The summed E-state index contributed by atoms with van der Waals surface area (Å²) in [4.78, 5) is 11.8. The lowest BCUT2D eigenvalue weighted by atomic mass is 9.92. The Morgan fingerprint density at radius 3 is 2.07 bits per heavy atom. The van der Waals surface area contributed by atoms with E-state index in [0.717, 1.165) is 0 Å². The maximum Gasteiger partial charge on any atom is 0.252 e. The van der Waals surface area contributed by atoms with Crippen LogP contribution < -0.4 is 5.32 Å². The van der Waals surface area contributed by atoms with Crippen LogP contribution in [0.3, 0.4) is 0 Å². The Morgan fingerprint density at radius 2 is 1.80 bits per heavy atom. The Hall–Kier alpha value is -0.610. The molecular formula is C11H23NO3. The molecule has 0 bridgehead atoms. The third-order valence-corrected chi connectivity index (χ3v) is 3.09. The van der Waals surface area contributed by atoms with Crippen molar-refractivity contribution >= 4 is 5.91 Å². The lowest BCUT2D eigenvalue weighted by Gasteiger charge is -2.34. The van der Waals surface area contributed by atoms with Crippen molar-refractivity contribution in [1.82, 2.24) is 5.32 Å². The molecule has 4 nitrogen and oxygen atoms in total. The van der Waals surface area contributed by atoms with E-state index >= 15 is 0 Å². The minimum atomic E-state index is -0.856. The molecule has 0 saturated carbocycles. The zero-order valence-corrected chi connectivity index (χ0v) is 10.4. The topological polar surface area (TPSA) is 58.6 Å². The summed E-state index contributed by atoms with van der Waals surface area (Å²) in [5, 5.41) is 12.2. The molecule has 0 heterocycles. The van der Waals surface area contributed by atoms with E-state index in [9.17, 15) is 9.90 Å². The number of aliphatic hydroxyl groups is 1. The Bertz CT molecular complexity index is 202. The van der Waals surface area contributed by atoms with E-state index in [-0.39, 0.29) is 12.5 Å². The molecule has 0 aliphatic carbocycles. The van der Waals surface area contributed by atoms with Crippen LogP contribution >= 0.6 is 0 Å². The summed E-state index contributed by atoms with van der Waals surface area (Å²) >= 11 is 0. The monoisotopic (exact) mass is 217 g/mol. The number of methoxy groups -OCH3 is 1. The van der Waals surface area contributed by atoms with E-state index in [0.29, 0.717) is 12.8 Å². The van der Waals surface area contributed by atoms with Crippen molar-refractivity contribution in [3.8, 4) is 0 Å². The summed E-state index contributed by atoms with van der Waals surface area (Å²) in [5.41, 5.74) is -1.38. The van der Waals surface area contributed by atoms with Gasteiger partial charge < -0.3 is 15.2 Å². The van der Waals surface area contributed by atoms with Gasteiger partial charge in [-0.15, -0.1) is 0 Å². The Kier molecular flexibility index (Phi) is 5.24. The van der Waals surface area contributed by atoms with Gasteiger partial charge in [-0.3, -0.25) is 4.79 Å². The molecule has 0 saturated heterocycles. The number of ether oxygens (including phenoxy) is 1. The van der Waals surface area contributed by atoms with Gasteiger partial charge in [0.1, 0.15) is 5.60 Å². The van der Waals surface area contributed by atoms with Crippen LogP contribution in [-0.4, -0.2) is 35.9 Å². The van der Waals surface area contributed by atoms with Crippen molar-refractivity contribution in [3.05, 3.63) is 0 Å². The predicted molar refractivity (Wildman–Crippen MR) is 59.6 cm³/mol. The summed E-state index contributed by atoms with van der Waals surface area (Å²) < 4.78 is 5.09. The zero-order valence-electron chi connectivity index (χ0n) is 10.4. The minimum absolute atomic E-state index is 0.0501. The van der Waals surface area contributed by atoms with Crippen LogP contribution in [0.25, 0.3) is 0 Å². The second-order valence-corrected chi connectivity index (χ2v) is 4.31. The van der Waals surface area contributed by atoms with Gasteiger partial charge in [-0.2, -0.15) is 0 Å². The summed E-state index contributed by atoms with van der Waals surface area (Å²) in [7, 11) is 1.50. The van der Waals surface area contributed by atoms with Crippen molar-refractivity contribution in [2.75, 3.05) is 13.7 Å². The minimum Gasteiger partial charge on any atom is -0.394 e. The maximum absolute atomic E-state index is 11.8. The van der Waals surface area contributed by atoms with E-state index in [4.69, 9.17) is 4.74 Å². The van der Waals surface area contributed by atoms with Gasteiger partial charge in [0.15, 0.2) is 0 Å². The van der Waals surface area contributed by atoms with Crippen molar-refractivity contribution < 1.29 is 14.6 Å². The standard InChI is InChI=1S/C11H23NO3/c1-6-11(7-2,8-13)12-9(14)10(3,4)15-5/h13H,6-8H2,1-5H3,(H,12,14). The zero-order chi connectivity index (χ0) is 12.1. The Balaban J connectivity index is 4.62. The molecule has 2 N–H and O–H groups in total. The van der Waals surface area contributed by atoms with Crippen molar-refractivity contribution in [2.45, 2.75) is 51.7 Å². The fraction of sp³-hybridized carbons (Fsp3) is 0.909. The second kappa shape index (κ2) is 5.47. The predicted octanol–water partition coefficient (Wildman–Crippen LogP) is 1.08. The van der Waals surface area contributed by atoms with E-state index in [2.05, 4.69) is 5.32 Å². The number of amides is 1. The third kappa shape index (κ3) is 3.47. The van der Waals surface area contributed by atoms with Gasteiger partial charge in [0.05, 0.1) is 12.1 Å². The largest absolute Gasteiger partial charge is 0.394 e. The smallest absolute Gasteiger partial charge is 0.252 e. The fourth-order valence-corrected chi connectivity index (χ4v) is 1.17. The molecule has 15 heavy (non-hydrogen) atoms. The highest BCUT2D eigenvalue weighted by atomic mass is 16.5. The number of carbonyl (C=O) groups is 1. The first kappa shape index (κ1) is 14.4. The number of aliphatic hydroxyl groups excluding tert-OH is 1. The van der Waals surface area contributed by atoms with Crippen molar-refractivity contribution in [3.63, 3.8) is 0 Å². The molecule has 0 fully saturated rings. The second-order valence-electron chi connectivity index (χ2n) is 4.31. The number of rotatable bonds is 6. The fourth-order valence-electron chi connectivity index (χ4n) is 1.17. The Labute approximate surface area is 92.0 Å². The van der Waals surface area contributed by atoms with Crippen LogP contribution in [0.2, 0.25) is 0 Å². The third-order valence-electron chi connectivity index (χ3n) is 3.09. The van der Waals surface area contributed by atoms with Crippen LogP contribution in [0.5, 0.6) is 0 Å². The maximum atomic E-state index is 11.8. The first-order chi connectivity index (χ1) is 6.87. The van der Waals surface area contributed by atoms with Gasteiger partial charge in [-0.1, -0.05) is 13.8 Å². The van der Waals surface area contributed by atoms with Crippen LogP contribution in [0.4, 0.5) is 0 Å². The van der Waals surface area contributed by atoms with Gasteiger partial charge in [-0.25, -0.2) is 0 Å².